The van der Waals surface area contributed by atoms with Gasteiger partial charge >= 0.3 is 6.18 Å². The lowest BCUT2D eigenvalue weighted by Gasteiger charge is -2.41. The number of aromatic amines is 1. The van der Waals surface area contributed by atoms with E-state index in [-0.39, 0.29) is 17.7 Å². The number of hydrogen-bond donors (Lipinski definition) is 2. The van der Waals surface area contributed by atoms with Crippen molar-refractivity contribution in [2.45, 2.75) is 43.9 Å². The van der Waals surface area contributed by atoms with Gasteiger partial charge in [-0.3, -0.25) is 0 Å². The monoisotopic (exact) mass is 459 g/mol. The van der Waals surface area contributed by atoms with Crippen LogP contribution in [0.3, 0.4) is 0 Å². The number of likely N-dealkylation sites (N-methyl/N-ethyl adjacent to an activating group) is 1. The molecule has 0 amide bonds. The summed E-state index contributed by atoms with van der Waals surface area (Å²) in [7, 11) is 2.15. The highest BCUT2D eigenvalue weighted by atomic mass is 19.4. The van der Waals surface area contributed by atoms with Gasteiger partial charge in [0.15, 0.2) is 0 Å². The van der Waals surface area contributed by atoms with Crippen molar-refractivity contribution < 1.29 is 17.9 Å². The second-order valence-corrected chi connectivity index (χ2v) is 9.09. The summed E-state index contributed by atoms with van der Waals surface area (Å²) in [6.07, 6.45) is 0.880. The quantitative estimate of drug-likeness (QED) is 0.574. The molecule has 9 heteroatoms. The van der Waals surface area contributed by atoms with Crippen LogP contribution in [-0.4, -0.2) is 52.7 Å². The molecule has 3 aromatic rings. The number of hydrogen-bond acceptors (Lipinski definition) is 5. The lowest BCUT2D eigenvalue weighted by Crippen LogP contribution is -2.45. The Hall–Kier alpha value is -2.65. The number of aryl methyl sites for hydroxylation is 1. The number of rotatable bonds is 5. The third kappa shape index (κ3) is 4.56. The molecular weight excluding hydrogens is 431 g/mol. The predicted molar refractivity (Wildman–Crippen MR) is 120 cm³/mol. The van der Waals surface area contributed by atoms with Crippen molar-refractivity contribution >= 4 is 16.9 Å². The number of halogens is 3. The molecule has 33 heavy (non-hydrogen) atoms. The molecular formula is C24H28F3N5O. The summed E-state index contributed by atoms with van der Waals surface area (Å²) < 4.78 is 45.4. The second kappa shape index (κ2) is 8.95. The van der Waals surface area contributed by atoms with Crippen LogP contribution >= 0.6 is 0 Å². The van der Waals surface area contributed by atoms with E-state index >= 15 is 0 Å². The fourth-order valence-corrected chi connectivity index (χ4v) is 5.22. The maximum Gasteiger partial charge on any atom is 0.431 e. The van der Waals surface area contributed by atoms with Gasteiger partial charge < -0.3 is 19.9 Å². The number of anilines is 1. The predicted octanol–water partition coefficient (Wildman–Crippen LogP) is 4.80. The van der Waals surface area contributed by atoms with Crippen LogP contribution < -0.4 is 5.32 Å². The Labute approximate surface area is 190 Å². The molecule has 1 aliphatic carbocycles. The van der Waals surface area contributed by atoms with Gasteiger partial charge in [0.05, 0.1) is 11.4 Å². The second-order valence-electron chi connectivity index (χ2n) is 9.09. The van der Waals surface area contributed by atoms with Gasteiger partial charge in [0, 0.05) is 25.8 Å². The van der Waals surface area contributed by atoms with E-state index in [0.717, 1.165) is 51.5 Å². The minimum Gasteiger partial charge on any atom is -0.381 e. The normalized spacial score (nSPS) is 22.0. The fraction of sp³-hybridized carbons (Fsp3) is 0.500. The molecule has 1 aromatic carbocycles. The summed E-state index contributed by atoms with van der Waals surface area (Å²) in [4.78, 5) is 13.1. The van der Waals surface area contributed by atoms with Crippen molar-refractivity contribution in [3.05, 3.63) is 53.5 Å². The molecule has 1 fully saturated rings. The highest BCUT2D eigenvalue weighted by molar-refractivity contribution is 5.88. The number of benzene rings is 1. The average Bonchev–Trinajstić information content (AvgIpc) is 3.26. The number of alkyl halides is 3. The van der Waals surface area contributed by atoms with Crippen LogP contribution in [0.25, 0.3) is 11.0 Å². The van der Waals surface area contributed by atoms with Crippen molar-refractivity contribution in [2.24, 2.45) is 5.92 Å². The molecule has 6 nitrogen and oxygen atoms in total. The SMILES string of the molecule is CN(CC1CCOCC1)C1CCc2ccccc2C1Nc1ncnc2[nH]c(C(F)(F)F)cc12. The lowest BCUT2D eigenvalue weighted by atomic mass is 9.82. The Morgan fingerprint density at radius 3 is 2.73 bits per heavy atom. The summed E-state index contributed by atoms with van der Waals surface area (Å²) >= 11 is 0. The van der Waals surface area contributed by atoms with Crippen molar-refractivity contribution in [3.63, 3.8) is 0 Å². The third-order valence-corrected chi connectivity index (χ3v) is 6.96. The maximum atomic E-state index is 13.3. The van der Waals surface area contributed by atoms with E-state index in [1.807, 2.05) is 12.1 Å². The Morgan fingerprint density at radius 1 is 1.15 bits per heavy atom. The first-order chi connectivity index (χ1) is 15.9. The highest BCUT2D eigenvalue weighted by Gasteiger charge is 2.35. The molecule has 0 spiro atoms. The van der Waals surface area contributed by atoms with E-state index in [2.05, 4.69) is 44.3 Å². The molecule has 2 aromatic heterocycles. The average molecular weight is 460 g/mol. The van der Waals surface area contributed by atoms with E-state index in [0.29, 0.717) is 17.1 Å². The molecule has 2 atom stereocenters. The molecule has 0 saturated carbocycles. The fourth-order valence-electron chi connectivity index (χ4n) is 5.22. The van der Waals surface area contributed by atoms with Gasteiger partial charge in [-0.2, -0.15) is 13.2 Å². The van der Waals surface area contributed by atoms with Crippen LogP contribution in [0.4, 0.5) is 19.0 Å². The van der Waals surface area contributed by atoms with Crippen molar-refractivity contribution in [3.8, 4) is 0 Å². The molecule has 0 radical (unpaired) electrons. The van der Waals surface area contributed by atoms with Gasteiger partial charge in [-0.05, 0) is 55.8 Å². The zero-order valence-corrected chi connectivity index (χ0v) is 18.5. The Bertz CT molecular complexity index is 1110. The number of fused-ring (bicyclic) bond motifs is 2. The van der Waals surface area contributed by atoms with Crippen LogP contribution in [0, 0.1) is 5.92 Å². The van der Waals surface area contributed by atoms with Crippen LogP contribution in [0.1, 0.15) is 42.1 Å². The maximum absolute atomic E-state index is 13.3. The standard InChI is InChI=1S/C24H28F3N5O/c1-32(13-15-8-10-33-11-9-15)19-7-6-16-4-2-3-5-17(16)21(19)31-23-18-12-20(24(25,26)27)30-22(18)28-14-29-23/h2-5,12,14-15,19,21H,6-11,13H2,1H3,(H2,28,29,30,31). The Morgan fingerprint density at radius 2 is 1.94 bits per heavy atom. The Kier molecular flexibility index (Phi) is 6.01. The topological polar surface area (TPSA) is 66.1 Å². The molecule has 5 rings (SSSR count). The van der Waals surface area contributed by atoms with Crippen molar-refractivity contribution in [2.75, 3.05) is 32.1 Å². The largest absolute Gasteiger partial charge is 0.431 e. The minimum atomic E-state index is -4.47. The number of aromatic nitrogens is 3. The molecule has 3 heterocycles. The van der Waals surface area contributed by atoms with Gasteiger partial charge in [0.25, 0.3) is 0 Å². The highest BCUT2D eigenvalue weighted by Crippen LogP contribution is 2.38. The van der Waals surface area contributed by atoms with E-state index in [1.54, 1.807) is 0 Å². The number of H-pyrrole nitrogens is 1. The van der Waals surface area contributed by atoms with E-state index in [1.165, 1.54) is 17.5 Å². The molecule has 2 aliphatic rings. The third-order valence-electron chi connectivity index (χ3n) is 6.96. The van der Waals surface area contributed by atoms with Gasteiger partial charge in [-0.15, -0.1) is 0 Å². The molecule has 1 saturated heterocycles. The van der Waals surface area contributed by atoms with Gasteiger partial charge in [0.2, 0.25) is 0 Å². The summed E-state index contributed by atoms with van der Waals surface area (Å²) in [5.41, 5.74) is 1.79. The first kappa shape index (κ1) is 22.2. The van der Waals surface area contributed by atoms with Crippen molar-refractivity contribution in [1.82, 2.24) is 19.9 Å². The van der Waals surface area contributed by atoms with Crippen LogP contribution in [0.2, 0.25) is 0 Å². The first-order valence-electron chi connectivity index (χ1n) is 11.4. The summed E-state index contributed by atoms with van der Waals surface area (Å²) in [5, 5.41) is 3.85. The minimum absolute atomic E-state index is 0.0953. The zero-order valence-electron chi connectivity index (χ0n) is 18.5. The molecule has 1 aliphatic heterocycles. The van der Waals surface area contributed by atoms with Gasteiger partial charge in [-0.25, -0.2) is 9.97 Å². The molecule has 2 N–H and O–H groups in total. The smallest absolute Gasteiger partial charge is 0.381 e. The Balaban J connectivity index is 1.47. The molecule has 176 valence electrons. The van der Waals surface area contributed by atoms with Crippen molar-refractivity contribution in [1.29, 1.82) is 0 Å². The van der Waals surface area contributed by atoms with Crippen LogP contribution in [-0.2, 0) is 17.3 Å². The van der Waals surface area contributed by atoms with Gasteiger partial charge in [0.1, 0.15) is 23.5 Å². The van der Waals surface area contributed by atoms with Crippen LogP contribution in [0.5, 0.6) is 0 Å². The van der Waals surface area contributed by atoms with Crippen LogP contribution in [0.15, 0.2) is 36.7 Å². The number of ether oxygens (including phenoxy) is 1. The molecule has 2 unspecified atom stereocenters. The number of nitrogens with one attached hydrogen (secondary N) is 2. The van der Waals surface area contributed by atoms with E-state index < -0.39 is 11.9 Å². The van der Waals surface area contributed by atoms with E-state index in [9.17, 15) is 13.2 Å². The molecule has 0 bridgehead atoms. The summed E-state index contributed by atoms with van der Waals surface area (Å²) in [6.45, 7) is 2.58. The lowest BCUT2D eigenvalue weighted by molar-refractivity contribution is -0.140. The van der Waals surface area contributed by atoms with E-state index in [4.69, 9.17) is 4.74 Å². The van der Waals surface area contributed by atoms with Gasteiger partial charge in [-0.1, -0.05) is 24.3 Å². The first-order valence-corrected chi connectivity index (χ1v) is 11.4. The summed E-state index contributed by atoms with van der Waals surface area (Å²) in [5.74, 6) is 1.00. The zero-order chi connectivity index (χ0) is 23.0. The number of nitrogens with zero attached hydrogens (tertiary/aromatic N) is 3. The summed E-state index contributed by atoms with van der Waals surface area (Å²) in [6, 6.07) is 9.47.